The van der Waals surface area contributed by atoms with Crippen LogP contribution in [0.25, 0.3) is 6.08 Å². The van der Waals surface area contributed by atoms with E-state index in [0.717, 1.165) is 5.56 Å². The van der Waals surface area contributed by atoms with Gasteiger partial charge in [0.15, 0.2) is 11.5 Å². The summed E-state index contributed by atoms with van der Waals surface area (Å²) in [4.78, 5) is 17.4. The third-order valence-corrected chi connectivity index (χ3v) is 4.93. The van der Waals surface area contributed by atoms with Crippen molar-refractivity contribution in [3.05, 3.63) is 77.2 Å². The van der Waals surface area contributed by atoms with Crippen LogP contribution in [0.15, 0.2) is 54.4 Å². The van der Waals surface area contributed by atoms with Crippen molar-refractivity contribution in [2.75, 3.05) is 25.2 Å². The molecule has 2 aliphatic rings. The molecule has 1 aromatic carbocycles. The normalized spacial score (nSPS) is 17.8. The van der Waals surface area contributed by atoms with E-state index >= 15 is 0 Å². The molecule has 0 saturated heterocycles. The number of ether oxygens (including phenoxy) is 1. The van der Waals surface area contributed by atoms with Crippen molar-refractivity contribution < 1.29 is 19.7 Å². The molecule has 0 saturated carbocycles. The van der Waals surface area contributed by atoms with Crippen molar-refractivity contribution in [3.63, 3.8) is 0 Å². The first kappa shape index (κ1) is 20.7. The smallest absolute Gasteiger partial charge is 0.277 e. The van der Waals surface area contributed by atoms with Gasteiger partial charge in [-0.3, -0.25) is 4.79 Å². The van der Waals surface area contributed by atoms with Gasteiger partial charge in [0.25, 0.3) is 5.91 Å². The van der Waals surface area contributed by atoms with E-state index in [1.54, 1.807) is 23.7 Å². The molecule has 2 atom stereocenters. The van der Waals surface area contributed by atoms with Crippen LogP contribution in [0.3, 0.4) is 0 Å². The van der Waals surface area contributed by atoms with Crippen LogP contribution in [-0.4, -0.2) is 51.6 Å². The molecular weight excluding hydrogens is 398 g/mol. The summed E-state index contributed by atoms with van der Waals surface area (Å²) < 4.78 is 7.24. The molecule has 1 amide bonds. The Bertz CT molecular complexity index is 1060. The summed E-state index contributed by atoms with van der Waals surface area (Å²) >= 11 is 0. The highest BCUT2D eigenvalue weighted by atomic mass is 16.5. The average molecular weight is 423 g/mol. The predicted octanol–water partition coefficient (Wildman–Crippen LogP) is 0.966. The van der Waals surface area contributed by atoms with Crippen molar-refractivity contribution in [1.29, 1.82) is 0 Å². The number of imidazole rings is 1. The van der Waals surface area contributed by atoms with Gasteiger partial charge < -0.3 is 31.0 Å². The van der Waals surface area contributed by atoms with Gasteiger partial charge in [0.2, 0.25) is 0 Å². The summed E-state index contributed by atoms with van der Waals surface area (Å²) in [6.45, 7) is 2.10. The SMILES string of the molecule is Cc1nc2n(c1C(=O)NC1=CC=CCN1)NC(c1cccc(OC[C@H](O)CO)c1)C=C2. The average Bonchev–Trinajstić information content (AvgIpc) is 3.13. The third kappa shape index (κ3) is 4.62. The van der Waals surface area contributed by atoms with Crippen molar-refractivity contribution in [2.45, 2.75) is 19.1 Å². The van der Waals surface area contributed by atoms with Gasteiger partial charge in [-0.2, -0.15) is 0 Å². The highest BCUT2D eigenvalue weighted by Gasteiger charge is 2.25. The molecule has 9 heteroatoms. The number of nitrogens with one attached hydrogen (secondary N) is 3. The minimum Gasteiger partial charge on any atom is -0.491 e. The second kappa shape index (κ2) is 9.07. The number of rotatable bonds is 7. The van der Waals surface area contributed by atoms with E-state index in [0.29, 0.717) is 35.3 Å². The van der Waals surface area contributed by atoms with Crippen LogP contribution in [0, 0.1) is 6.92 Å². The van der Waals surface area contributed by atoms with E-state index in [-0.39, 0.29) is 25.2 Å². The fourth-order valence-electron chi connectivity index (χ4n) is 3.38. The minimum atomic E-state index is -0.932. The maximum Gasteiger partial charge on any atom is 0.277 e. The first-order valence-corrected chi connectivity index (χ1v) is 10.0. The van der Waals surface area contributed by atoms with Gasteiger partial charge in [-0.05, 0) is 36.8 Å². The van der Waals surface area contributed by atoms with E-state index in [4.69, 9.17) is 9.84 Å². The van der Waals surface area contributed by atoms with Gasteiger partial charge in [0.1, 0.15) is 24.3 Å². The number of carbonyl (C=O) groups is 1. The number of aryl methyl sites for hydroxylation is 1. The van der Waals surface area contributed by atoms with Gasteiger partial charge in [0.05, 0.1) is 18.3 Å². The number of amides is 1. The van der Waals surface area contributed by atoms with Crippen molar-refractivity contribution >= 4 is 12.0 Å². The van der Waals surface area contributed by atoms with Crippen molar-refractivity contribution in [3.8, 4) is 5.75 Å². The lowest BCUT2D eigenvalue weighted by Gasteiger charge is -2.24. The molecule has 4 rings (SSSR count). The van der Waals surface area contributed by atoms with E-state index in [1.165, 1.54) is 0 Å². The molecule has 5 N–H and O–H groups in total. The summed E-state index contributed by atoms with van der Waals surface area (Å²) in [5.41, 5.74) is 5.29. The number of benzene rings is 1. The lowest BCUT2D eigenvalue weighted by atomic mass is 10.1. The Labute approximate surface area is 179 Å². The second-order valence-electron chi connectivity index (χ2n) is 7.27. The van der Waals surface area contributed by atoms with E-state index in [1.807, 2.05) is 42.5 Å². The quantitative estimate of drug-likeness (QED) is 0.450. The molecule has 0 radical (unpaired) electrons. The zero-order chi connectivity index (χ0) is 21.8. The number of aliphatic hydroxyl groups excluding tert-OH is 2. The Hall–Kier alpha value is -3.56. The van der Waals surface area contributed by atoms with Crippen molar-refractivity contribution in [2.24, 2.45) is 0 Å². The molecule has 0 fully saturated rings. The zero-order valence-electron chi connectivity index (χ0n) is 17.1. The number of aromatic nitrogens is 2. The number of carbonyl (C=O) groups excluding carboxylic acids is 1. The van der Waals surface area contributed by atoms with Gasteiger partial charge in [-0.15, -0.1) is 0 Å². The van der Waals surface area contributed by atoms with Crippen LogP contribution in [-0.2, 0) is 0 Å². The molecule has 3 heterocycles. The van der Waals surface area contributed by atoms with Crippen LogP contribution in [0.5, 0.6) is 5.75 Å². The fraction of sp³-hybridized carbons (Fsp3) is 0.273. The molecule has 162 valence electrons. The van der Waals surface area contributed by atoms with E-state index < -0.39 is 6.10 Å². The standard InChI is InChI=1S/C22H25N5O4/c1-14-21(22(30)25-19-7-2-3-10-23-19)27-20(24-14)9-8-18(26-27)15-5-4-6-17(11-15)31-13-16(29)12-28/h2-9,11,16,18,23,26,28-29H,10,12-13H2,1H3,(H,25,30)/t16-,18?/m1/s1. The summed E-state index contributed by atoms with van der Waals surface area (Å²) in [5.74, 6) is 1.60. The molecule has 1 unspecified atom stereocenters. The molecule has 0 aliphatic carbocycles. The van der Waals surface area contributed by atoms with E-state index in [9.17, 15) is 9.90 Å². The Kier molecular flexibility index (Phi) is 6.06. The fourth-order valence-corrected chi connectivity index (χ4v) is 3.38. The van der Waals surface area contributed by atoms with Crippen LogP contribution >= 0.6 is 0 Å². The lowest BCUT2D eigenvalue weighted by molar-refractivity contribution is 0.0536. The number of fused-ring (bicyclic) bond motifs is 1. The molecule has 0 spiro atoms. The van der Waals surface area contributed by atoms with Crippen LogP contribution < -0.4 is 20.8 Å². The van der Waals surface area contributed by atoms with Gasteiger partial charge >= 0.3 is 0 Å². The molecule has 2 aliphatic heterocycles. The largest absolute Gasteiger partial charge is 0.491 e. The highest BCUT2D eigenvalue weighted by molar-refractivity contribution is 5.95. The van der Waals surface area contributed by atoms with Crippen molar-refractivity contribution in [1.82, 2.24) is 20.3 Å². The second-order valence-corrected chi connectivity index (χ2v) is 7.27. The first-order chi connectivity index (χ1) is 15.0. The number of hydrogen-bond acceptors (Lipinski definition) is 7. The molecular formula is C22H25N5O4. The number of dihydropyridines is 1. The van der Waals surface area contributed by atoms with Crippen LogP contribution in [0.4, 0.5) is 0 Å². The van der Waals surface area contributed by atoms with Crippen LogP contribution in [0.1, 0.15) is 33.6 Å². The summed E-state index contributed by atoms with van der Waals surface area (Å²) in [6.07, 6.45) is 8.55. The summed E-state index contributed by atoms with van der Waals surface area (Å²) in [5, 5.41) is 24.4. The Morgan fingerprint density at radius 1 is 1.45 bits per heavy atom. The van der Waals surface area contributed by atoms with Gasteiger partial charge in [-0.1, -0.05) is 30.4 Å². The minimum absolute atomic E-state index is 0.00213. The third-order valence-electron chi connectivity index (χ3n) is 4.93. The summed E-state index contributed by atoms with van der Waals surface area (Å²) in [6, 6.07) is 7.21. The maximum absolute atomic E-state index is 12.9. The molecule has 1 aromatic heterocycles. The monoisotopic (exact) mass is 423 g/mol. The Balaban J connectivity index is 1.53. The topological polar surface area (TPSA) is 121 Å². The first-order valence-electron chi connectivity index (χ1n) is 10.0. The molecule has 9 nitrogen and oxygen atoms in total. The van der Waals surface area contributed by atoms with E-state index in [2.05, 4.69) is 21.0 Å². The summed E-state index contributed by atoms with van der Waals surface area (Å²) in [7, 11) is 0. The Morgan fingerprint density at radius 2 is 2.32 bits per heavy atom. The number of nitrogens with zero attached hydrogens (tertiary/aromatic N) is 2. The van der Waals surface area contributed by atoms with Gasteiger partial charge in [-0.25, -0.2) is 9.66 Å². The Morgan fingerprint density at radius 3 is 3.10 bits per heavy atom. The number of hydrogen-bond donors (Lipinski definition) is 5. The zero-order valence-corrected chi connectivity index (χ0v) is 17.1. The lowest BCUT2D eigenvalue weighted by Crippen LogP contribution is -2.36. The van der Waals surface area contributed by atoms with Crippen LogP contribution in [0.2, 0.25) is 0 Å². The predicted molar refractivity (Wildman–Crippen MR) is 116 cm³/mol. The number of allylic oxidation sites excluding steroid dienone is 2. The highest BCUT2D eigenvalue weighted by Crippen LogP contribution is 2.26. The maximum atomic E-state index is 12.9. The molecule has 31 heavy (non-hydrogen) atoms. The molecule has 0 bridgehead atoms. The van der Waals surface area contributed by atoms with Gasteiger partial charge in [0, 0.05) is 6.54 Å². The number of aliphatic hydroxyl groups is 2. The molecule has 2 aromatic rings.